The van der Waals surface area contributed by atoms with Gasteiger partial charge in [0.2, 0.25) is 5.91 Å². The van der Waals surface area contributed by atoms with E-state index < -0.39 is 5.91 Å². The maximum absolute atomic E-state index is 13.6. The molecular formula is C23H22FN7O. The Morgan fingerprint density at radius 1 is 1.19 bits per heavy atom. The molecule has 0 spiro atoms. The predicted molar refractivity (Wildman–Crippen MR) is 120 cm³/mol. The first-order valence-electron chi connectivity index (χ1n) is 10.5. The zero-order chi connectivity index (χ0) is 22.1. The summed E-state index contributed by atoms with van der Waals surface area (Å²) in [4.78, 5) is 21.3. The summed E-state index contributed by atoms with van der Waals surface area (Å²) in [6, 6.07) is 11.7. The van der Waals surface area contributed by atoms with Crippen molar-refractivity contribution in [3.8, 4) is 5.95 Å². The number of nitrogens with two attached hydrogens (primary N) is 1. The summed E-state index contributed by atoms with van der Waals surface area (Å²) in [5.74, 6) is 0.231. The number of hydrogen-bond acceptors (Lipinski definition) is 6. The van der Waals surface area contributed by atoms with Crippen molar-refractivity contribution in [1.29, 1.82) is 0 Å². The summed E-state index contributed by atoms with van der Waals surface area (Å²) < 4.78 is 15.2. The van der Waals surface area contributed by atoms with Crippen LogP contribution in [0.25, 0.3) is 16.9 Å². The molecule has 1 aliphatic rings. The van der Waals surface area contributed by atoms with E-state index in [2.05, 4.69) is 15.7 Å². The van der Waals surface area contributed by atoms with Crippen molar-refractivity contribution in [3.05, 3.63) is 71.3 Å². The van der Waals surface area contributed by atoms with Crippen molar-refractivity contribution in [2.24, 2.45) is 5.73 Å². The third-order valence-corrected chi connectivity index (χ3v) is 5.53. The third kappa shape index (κ3) is 3.73. The molecule has 0 bridgehead atoms. The smallest absolute Gasteiger partial charge is 0.253 e. The highest BCUT2D eigenvalue weighted by atomic mass is 19.1. The van der Waals surface area contributed by atoms with Crippen LogP contribution >= 0.6 is 0 Å². The average Bonchev–Trinajstić information content (AvgIpc) is 3.08. The highest BCUT2D eigenvalue weighted by molar-refractivity contribution is 6.05. The molecule has 9 heteroatoms. The molecule has 4 aromatic rings. The van der Waals surface area contributed by atoms with E-state index in [-0.39, 0.29) is 5.82 Å². The molecule has 0 unspecified atom stereocenters. The molecule has 0 atom stereocenters. The van der Waals surface area contributed by atoms with Gasteiger partial charge in [0.1, 0.15) is 5.82 Å². The lowest BCUT2D eigenvalue weighted by Crippen LogP contribution is -2.14. The van der Waals surface area contributed by atoms with E-state index in [1.807, 2.05) is 12.1 Å². The molecule has 0 radical (unpaired) electrons. The third-order valence-electron chi connectivity index (χ3n) is 5.53. The second kappa shape index (κ2) is 8.26. The minimum absolute atomic E-state index is 0.280. The van der Waals surface area contributed by atoms with Gasteiger partial charge in [0.05, 0.1) is 28.7 Å². The Morgan fingerprint density at radius 3 is 2.91 bits per heavy atom. The van der Waals surface area contributed by atoms with E-state index in [1.165, 1.54) is 12.1 Å². The zero-order valence-corrected chi connectivity index (χ0v) is 17.3. The number of anilines is 2. The standard InChI is InChI=1S/C23H22FN7O/c24-15-6-3-5-14(11-15)12-27-22-20-18(8-1-2-10-26-20)29-23(30-22)31-19-9-4-7-16(21(25)32)17(19)13-28-31/h3-7,9,11,13,26H,1-2,8,10,12H2,(H2,25,32)(H,27,29,30). The van der Waals surface area contributed by atoms with E-state index in [4.69, 9.17) is 15.7 Å². The van der Waals surface area contributed by atoms with Gasteiger partial charge in [-0.05, 0) is 49.1 Å². The fourth-order valence-corrected chi connectivity index (χ4v) is 3.97. The molecule has 0 aliphatic carbocycles. The quantitative estimate of drug-likeness (QED) is 0.447. The number of carbonyl (C=O) groups excluding carboxylic acids is 1. The van der Waals surface area contributed by atoms with E-state index >= 15 is 0 Å². The number of carbonyl (C=O) groups is 1. The lowest BCUT2D eigenvalue weighted by atomic mass is 10.1. The van der Waals surface area contributed by atoms with Crippen molar-refractivity contribution in [2.45, 2.75) is 25.8 Å². The first-order chi connectivity index (χ1) is 15.6. The van der Waals surface area contributed by atoms with Crippen molar-refractivity contribution < 1.29 is 9.18 Å². The second-order valence-corrected chi connectivity index (χ2v) is 7.72. The molecule has 4 N–H and O–H groups in total. The Bertz CT molecular complexity index is 1320. The number of fused-ring (bicyclic) bond motifs is 2. The molecule has 5 rings (SSSR count). The van der Waals surface area contributed by atoms with Crippen LogP contribution in [0.3, 0.4) is 0 Å². The molecule has 3 heterocycles. The number of aromatic nitrogens is 4. The Labute approximate surface area is 183 Å². The summed E-state index contributed by atoms with van der Waals surface area (Å²) in [7, 11) is 0. The van der Waals surface area contributed by atoms with Crippen molar-refractivity contribution >= 4 is 28.3 Å². The first-order valence-corrected chi connectivity index (χ1v) is 10.5. The van der Waals surface area contributed by atoms with E-state index in [1.54, 1.807) is 29.1 Å². The van der Waals surface area contributed by atoms with Gasteiger partial charge in [0.15, 0.2) is 5.82 Å². The van der Waals surface area contributed by atoms with Crippen LogP contribution in [0.15, 0.2) is 48.7 Å². The van der Waals surface area contributed by atoms with Gasteiger partial charge < -0.3 is 16.4 Å². The Morgan fingerprint density at radius 2 is 2.06 bits per heavy atom. The van der Waals surface area contributed by atoms with Gasteiger partial charge in [-0.2, -0.15) is 14.8 Å². The number of benzene rings is 2. The van der Waals surface area contributed by atoms with E-state index in [0.29, 0.717) is 34.8 Å². The number of primary amides is 1. The molecule has 0 saturated carbocycles. The molecule has 162 valence electrons. The summed E-state index contributed by atoms with van der Waals surface area (Å²) in [5.41, 5.74) is 9.16. The minimum Gasteiger partial charge on any atom is -0.381 e. The Kier molecular flexibility index (Phi) is 5.14. The number of hydrogen-bond donors (Lipinski definition) is 3. The summed E-state index contributed by atoms with van der Waals surface area (Å²) in [6.07, 6.45) is 4.44. The van der Waals surface area contributed by atoms with Gasteiger partial charge in [-0.15, -0.1) is 0 Å². The van der Waals surface area contributed by atoms with Gasteiger partial charge >= 0.3 is 0 Å². The van der Waals surface area contributed by atoms with E-state index in [9.17, 15) is 9.18 Å². The lowest BCUT2D eigenvalue weighted by molar-refractivity contribution is 0.100. The van der Waals surface area contributed by atoms with Crippen LogP contribution < -0.4 is 16.4 Å². The number of rotatable bonds is 5. The van der Waals surface area contributed by atoms with Gasteiger partial charge in [-0.25, -0.2) is 9.37 Å². The van der Waals surface area contributed by atoms with Crippen molar-refractivity contribution in [1.82, 2.24) is 19.7 Å². The molecular weight excluding hydrogens is 409 g/mol. The number of aryl methyl sites for hydroxylation is 1. The van der Waals surface area contributed by atoms with Crippen LogP contribution in [-0.4, -0.2) is 32.2 Å². The maximum atomic E-state index is 13.6. The predicted octanol–water partition coefficient (Wildman–Crippen LogP) is 3.41. The number of amides is 1. The molecule has 32 heavy (non-hydrogen) atoms. The average molecular weight is 431 g/mol. The largest absolute Gasteiger partial charge is 0.381 e. The molecule has 2 aromatic carbocycles. The summed E-state index contributed by atoms with van der Waals surface area (Å²) in [6.45, 7) is 1.24. The number of nitrogens with one attached hydrogen (secondary N) is 2. The first kappa shape index (κ1) is 19.9. The van der Waals surface area contributed by atoms with Crippen LogP contribution in [0.2, 0.25) is 0 Å². The van der Waals surface area contributed by atoms with Crippen molar-refractivity contribution in [3.63, 3.8) is 0 Å². The van der Waals surface area contributed by atoms with Crippen LogP contribution in [0.4, 0.5) is 15.9 Å². The Balaban J connectivity index is 1.58. The highest BCUT2D eigenvalue weighted by Crippen LogP contribution is 2.29. The molecule has 0 saturated heterocycles. The van der Waals surface area contributed by atoms with Gasteiger partial charge in [-0.3, -0.25) is 4.79 Å². The monoisotopic (exact) mass is 431 g/mol. The van der Waals surface area contributed by atoms with Crippen LogP contribution in [0, 0.1) is 5.82 Å². The fourth-order valence-electron chi connectivity index (χ4n) is 3.97. The topological polar surface area (TPSA) is 111 Å². The normalized spacial score (nSPS) is 13.3. The van der Waals surface area contributed by atoms with Crippen LogP contribution in [-0.2, 0) is 13.0 Å². The molecule has 0 fully saturated rings. The summed E-state index contributed by atoms with van der Waals surface area (Å²) in [5, 5.41) is 11.8. The highest BCUT2D eigenvalue weighted by Gasteiger charge is 2.20. The zero-order valence-electron chi connectivity index (χ0n) is 17.3. The number of halogens is 1. The van der Waals surface area contributed by atoms with Gasteiger partial charge in [0.25, 0.3) is 5.95 Å². The fraction of sp³-hybridized carbons (Fsp3) is 0.217. The minimum atomic E-state index is -0.514. The SMILES string of the molecule is NC(=O)c1cccc2c1cnn2-c1nc2c(c(NCc3cccc(F)c3)n1)NCCCC2. The van der Waals surface area contributed by atoms with E-state index in [0.717, 1.165) is 42.8 Å². The Hall–Kier alpha value is -4.01. The molecule has 1 aliphatic heterocycles. The molecule has 8 nitrogen and oxygen atoms in total. The van der Waals surface area contributed by atoms with Crippen molar-refractivity contribution in [2.75, 3.05) is 17.2 Å². The van der Waals surface area contributed by atoms with Gasteiger partial charge in [0, 0.05) is 18.5 Å². The second-order valence-electron chi connectivity index (χ2n) is 7.72. The maximum Gasteiger partial charge on any atom is 0.253 e. The summed E-state index contributed by atoms with van der Waals surface area (Å²) >= 11 is 0. The lowest BCUT2D eigenvalue weighted by Gasteiger charge is -2.16. The molecule has 1 amide bonds. The van der Waals surface area contributed by atoms with Crippen LogP contribution in [0.5, 0.6) is 0 Å². The van der Waals surface area contributed by atoms with Gasteiger partial charge in [-0.1, -0.05) is 18.2 Å². The number of nitrogens with zero attached hydrogens (tertiary/aromatic N) is 4. The molecule has 2 aromatic heterocycles. The van der Waals surface area contributed by atoms with Crippen LogP contribution in [0.1, 0.15) is 34.5 Å².